The molecule has 4 aliphatic rings. The fourth-order valence-corrected chi connectivity index (χ4v) is 8.08. The van der Waals surface area contributed by atoms with Crippen molar-refractivity contribution in [1.82, 2.24) is 19.4 Å². The van der Waals surface area contributed by atoms with Crippen LogP contribution in [0.3, 0.4) is 0 Å². The molecule has 8 rings (SSSR count). The lowest BCUT2D eigenvalue weighted by Crippen LogP contribution is -2.51. The quantitative estimate of drug-likeness (QED) is 0.168. The van der Waals surface area contributed by atoms with Crippen molar-refractivity contribution in [2.24, 2.45) is 0 Å². The largest absolute Gasteiger partial charge is 0.479 e. The molecule has 4 aromatic rings. The van der Waals surface area contributed by atoms with Crippen LogP contribution >= 0.6 is 15.9 Å². The number of nitrogens with zero attached hydrogens (tertiary/aromatic N) is 5. The molecule has 2 saturated heterocycles. The van der Waals surface area contributed by atoms with Gasteiger partial charge in [0.25, 0.3) is 0 Å². The first-order chi connectivity index (χ1) is 25.9. The first-order valence-electron chi connectivity index (χ1n) is 18.2. The number of likely N-dealkylation sites (tertiary alicyclic amines) is 1. The number of nitriles is 2. The van der Waals surface area contributed by atoms with Gasteiger partial charge >= 0.3 is 12.1 Å². The Hall–Kier alpha value is -5.24. The van der Waals surface area contributed by atoms with E-state index >= 15 is 0 Å². The van der Waals surface area contributed by atoms with Crippen molar-refractivity contribution in [3.63, 3.8) is 0 Å². The molecule has 0 saturated carbocycles. The highest BCUT2D eigenvalue weighted by molar-refractivity contribution is 9.08. The lowest BCUT2D eigenvalue weighted by Gasteiger charge is -2.45. The molecule has 12 nitrogen and oxygen atoms in total. The number of halogens is 1. The second-order valence-electron chi connectivity index (χ2n) is 15.0. The molecule has 2 aromatic heterocycles. The first kappa shape index (κ1) is 37.1. The van der Waals surface area contributed by atoms with Crippen LogP contribution in [0, 0.1) is 22.7 Å². The molecule has 2 fully saturated rings. The van der Waals surface area contributed by atoms with Crippen LogP contribution in [0.4, 0.5) is 4.79 Å². The molecule has 13 heteroatoms. The Balaban J connectivity index is 0.000000168. The average Bonchev–Trinajstić information content (AvgIpc) is 3.80. The van der Waals surface area contributed by atoms with Gasteiger partial charge in [0.05, 0.1) is 22.8 Å². The van der Waals surface area contributed by atoms with Gasteiger partial charge in [-0.2, -0.15) is 10.5 Å². The minimum Gasteiger partial charge on any atom is -0.479 e. The molecular formula is C41H43BrN6O6. The number of carbonyl (C=O) groups excluding carboxylic acids is 2. The third-order valence-corrected chi connectivity index (χ3v) is 10.9. The third kappa shape index (κ3) is 6.94. The van der Waals surface area contributed by atoms with Crippen LogP contribution in [-0.4, -0.2) is 57.9 Å². The van der Waals surface area contributed by atoms with Crippen molar-refractivity contribution < 1.29 is 28.5 Å². The molecule has 4 aliphatic heterocycles. The normalized spacial score (nSPS) is 17.1. The number of piperidine rings is 2. The predicted molar refractivity (Wildman–Crippen MR) is 203 cm³/mol. The number of esters is 1. The molecule has 2 aromatic carbocycles. The number of hydrogen-bond donors (Lipinski definition) is 1. The number of benzene rings is 2. The zero-order valence-electron chi connectivity index (χ0n) is 30.9. The number of nitrogens with one attached hydrogen (secondary N) is 1. The summed E-state index contributed by atoms with van der Waals surface area (Å²) in [4.78, 5) is 25.3. The molecule has 0 radical (unpaired) electrons. The van der Waals surface area contributed by atoms with Gasteiger partial charge < -0.3 is 29.2 Å². The molecule has 0 atom stereocenters. The fourth-order valence-electron chi connectivity index (χ4n) is 7.74. The standard InChI is InChI=1S/C22H24BrN3O3.C19H19N3O3/c1-21(2,3)29-20(27)25-10-8-22(9-11-25)19-7-5-16(14-24)26(19)17-6-4-15(13-23)12-18(17)28-22;1-13(23)24-12-14-2-4-16-17(10-14)25-19(6-8-21-9-7-19)18-5-3-15(11-20)22(16)18/h4-7,12H,8-11,13H2,1-3H3;2-5,10,21H,6-9,12H2,1H3. The molecule has 0 unspecified atom stereocenters. The van der Waals surface area contributed by atoms with E-state index in [1.54, 1.807) is 4.90 Å². The van der Waals surface area contributed by atoms with E-state index in [4.69, 9.17) is 18.9 Å². The molecule has 1 amide bonds. The van der Waals surface area contributed by atoms with Crippen LogP contribution in [-0.2, 0) is 37.4 Å². The number of fused-ring (bicyclic) bond motifs is 8. The highest BCUT2D eigenvalue weighted by atomic mass is 79.9. The maximum atomic E-state index is 12.5. The number of rotatable bonds is 3. The van der Waals surface area contributed by atoms with Crippen molar-refractivity contribution in [2.75, 3.05) is 26.2 Å². The lowest BCUT2D eigenvalue weighted by molar-refractivity contribution is -0.142. The summed E-state index contributed by atoms with van der Waals surface area (Å²) in [5.41, 5.74) is 5.40. The van der Waals surface area contributed by atoms with Crippen molar-refractivity contribution >= 4 is 28.0 Å². The smallest absolute Gasteiger partial charge is 0.410 e. The van der Waals surface area contributed by atoms with Crippen LogP contribution in [0.2, 0.25) is 0 Å². The highest BCUT2D eigenvalue weighted by Gasteiger charge is 2.46. The summed E-state index contributed by atoms with van der Waals surface area (Å²) in [7, 11) is 0. The Labute approximate surface area is 323 Å². The zero-order valence-corrected chi connectivity index (χ0v) is 32.5. The summed E-state index contributed by atoms with van der Waals surface area (Å²) in [6, 6.07) is 24.0. The van der Waals surface area contributed by atoms with E-state index in [0.29, 0.717) is 37.3 Å². The molecule has 1 N–H and O–H groups in total. The van der Waals surface area contributed by atoms with Crippen molar-refractivity contribution in [1.29, 1.82) is 10.5 Å². The van der Waals surface area contributed by atoms with Crippen LogP contribution in [0.5, 0.6) is 11.5 Å². The predicted octanol–water partition coefficient (Wildman–Crippen LogP) is 7.25. The van der Waals surface area contributed by atoms with Gasteiger partial charge in [0.1, 0.15) is 47.2 Å². The van der Waals surface area contributed by atoms with Crippen LogP contribution in [0.15, 0.2) is 60.7 Å². The maximum Gasteiger partial charge on any atom is 0.410 e. The summed E-state index contributed by atoms with van der Waals surface area (Å²) >= 11 is 3.50. The molecule has 280 valence electrons. The van der Waals surface area contributed by atoms with Crippen molar-refractivity contribution in [3.8, 4) is 35.0 Å². The molecule has 2 spiro atoms. The van der Waals surface area contributed by atoms with Crippen LogP contribution < -0.4 is 14.8 Å². The number of aromatic nitrogens is 2. The second-order valence-corrected chi connectivity index (χ2v) is 15.6. The van der Waals surface area contributed by atoms with E-state index < -0.39 is 16.8 Å². The molecule has 6 heterocycles. The Morgan fingerprint density at radius 1 is 0.815 bits per heavy atom. The molecule has 54 heavy (non-hydrogen) atoms. The Morgan fingerprint density at radius 2 is 1.33 bits per heavy atom. The van der Waals surface area contributed by atoms with Crippen LogP contribution in [0.1, 0.15) is 87.3 Å². The molecule has 0 aliphatic carbocycles. The van der Waals surface area contributed by atoms with E-state index in [9.17, 15) is 20.1 Å². The minimum atomic E-state index is -0.564. The Morgan fingerprint density at radius 3 is 1.83 bits per heavy atom. The molecule has 0 bridgehead atoms. The third-order valence-electron chi connectivity index (χ3n) is 10.3. The van der Waals surface area contributed by atoms with Gasteiger partial charge in [0.2, 0.25) is 0 Å². The summed E-state index contributed by atoms with van der Waals surface area (Å²) in [6.45, 7) is 10.0. The van der Waals surface area contributed by atoms with Gasteiger partial charge in [-0.05, 0) is 93.5 Å². The van der Waals surface area contributed by atoms with E-state index in [1.807, 2.05) is 90.6 Å². The zero-order chi connectivity index (χ0) is 38.3. The van der Waals surface area contributed by atoms with E-state index in [1.165, 1.54) is 6.92 Å². The van der Waals surface area contributed by atoms with E-state index in [2.05, 4.69) is 33.4 Å². The number of ether oxygens (including phenoxy) is 4. The monoisotopic (exact) mass is 794 g/mol. The summed E-state index contributed by atoms with van der Waals surface area (Å²) in [5, 5.41) is 23.2. The maximum absolute atomic E-state index is 12.5. The first-order valence-corrected chi connectivity index (χ1v) is 19.3. The fraction of sp³-hybridized carbons (Fsp3) is 0.415. The van der Waals surface area contributed by atoms with Gasteiger partial charge in [0.15, 0.2) is 11.2 Å². The summed E-state index contributed by atoms with van der Waals surface area (Å²) in [5.74, 6) is 1.19. The Bertz CT molecular complexity index is 2170. The molecular weight excluding hydrogens is 752 g/mol. The van der Waals surface area contributed by atoms with E-state index in [0.717, 1.165) is 76.6 Å². The number of alkyl halides is 1. The second kappa shape index (κ2) is 14.5. The van der Waals surface area contributed by atoms with Gasteiger partial charge in [-0.25, -0.2) is 4.79 Å². The average molecular weight is 796 g/mol. The van der Waals surface area contributed by atoms with Crippen molar-refractivity contribution in [3.05, 3.63) is 94.6 Å². The SMILES string of the molecule is CC(=O)OCc1ccc2c(c1)OC1(CCNCC1)c1ccc(C#N)n1-2.CC(C)(C)OC(=O)N1CCC2(CC1)Oc1cc(CBr)ccc1-n1c(C#N)ccc12. The number of carbonyl (C=O) groups is 2. The summed E-state index contributed by atoms with van der Waals surface area (Å²) < 4.78 is 27.7. The summed E-state index contributed by atoms with van der Waals surface area (Å²) in [6.07, 6.45) is 2.67. The highest BCUT2D eigenvalue weighted by Crippen LogP contribution is 2.47. The topological polar surface area (TPSA) is 144 Å². The minimum absolute atomic E-state index is 0.212. The Kier molecular flexibility index (Phi) is 9.98. The van der Waals surface area contributed by atoms with E-state index in [-0.39, 0.29) is 18.7 Å². The lowest BCUT2D eigenvalue weighted by atomic mass is 9.86. The van der Waals surface area contributed by atoms with Crippen LogP contribution in [0.25, 0.3) is 11.4 Å². The number of hydrogen-bond acceptors (Lipinski definition) is 9. The van der Waals surface area contributed by atoms with Gasteiger partial charge in [-0.1, -0.05) is 28.1 Å². The van der Waals surface area contributed by atoms with Gasteiger partial charge in [0, 0.05) is 51.0 Å². The van der Waals surface area contributed by atoms with Crippen molar-refractivity contribution in [2.45, 2.75) is 82.1 Å². The number of amides is 1. The van der Waals surface area contributed by atoms with Gasteiger partial charge in [-0.15, -0.1) is 0 Å². The van der Waals surface area contributed by atoms with Gasteiger partial charge in [-0.3, -0.25) is 13.9 Å².